The highest BCUT2D eigenvalue weighted by molar-refractivity contribution is 7.96. The Labute approximate surface area is 191 Å². The molecular formula is C23H22F6N2OS. The van der Waals surface area contributed by atoms with E-state index >= 15 is 4.39 Å². The van der Waals surface area contributed by atoms with Gasteiger partial charge in [-0.2, -0.15) is 0 Å². The maximum atomic E-state index is 15.4. The Kier molecular flexibility index (Phi) is 6.68. The van der Waals surface area contributed by atoms with Gasteiger partial charge in [-0.3, -0.25) is 9.52 Å². The van der Waals surface area contributed by atoms with E-state index in [1.54, 1.807) is 6.26 Å². The van der Waals surface area contributed by atoms with Crippen LogP contribution in [0.1, 0.15) is 18.4 Å². The van der Waals surface area contributed by atoms with Crippen LogP contribution >= 0.6 is 11.9 Å². The average molecular weight is 488 g/mol. The highest BCUT2D eigenvalue weighted by Gasteiger charge is 2.57. The van der Waals surface area contributed by atoms with Crippen molar-refractivity contribution in [3.05, 3.63) is 59.4 Å². The molecule has 178 valence electrons. The van der Waals surface area contributed by atoms with Gasteiger partial charge in [0.2, 0.25) is 5.91 Å². The van der Waals surface area contributed by atoms with Crippen molar-refractivity contribution in [2.45, 2.75) is 43.4 Å². The largest absolute Gasteiger partial charge is 0.331 e. The van der Waals surface area contributed by atoms with Gasteiger partial charge in [-0.1, -0.05) is 30.1 Å². The van der Waals surface area contributed by atoms with Crippen LogP contribution in [0.3, 0.4) is 0 Å². The quantitative estimate of drug-likeness (QED) is 0.451. The molecule has 1 saturated carbocycles. The van der Waals surface area contributed by atoms with E-state index in [1.165, 1.54) is 18.2 Å². The van der Waals surface area contributed by atoms with Crippen LogP contribution in [0.2, 0.25) is 0 Å². The van der Waals surface area contributed by atoms with Crippen molar-refractivity contribution in [2.24, 2.45) is 5.92 Å². The molecule has 1 saturated heterocycles. The van der Waals surface area contributed by atoms with Gasteiger partial charge in [0.1, 0.15) is 29.7 Å². The monoisotopic (exact) mass is 488 g/mol. The Morgan fingerprint density at radius 1 is 1.15 bits per heavy atom. The van der Waals surface area contributed by atoms with Gasteiger partial charge in [-0.05, 0) is 49.3 Å². The minimum absolute atomic E-state index is 0.0125. The molecule has 1 aliphatic heterocycles. The van der Waals surface area contributed by atoms with Crippen LogP contribution in [0.4, 0.5) is 26.3 Å². The van der Waals surface area contributed by atoms with E-state index in [9.17, 15) is 26.7 Å². The van der Waals surface area contributed by atoms with E-state index in [2.05, 4.69) is 4.72 Å². The third kappa shape index (κ3) is 4.59. The summed E-state index contributed by atoms with van der Waals surface area (Å²) in [5, 5.41) is 0. The molecule has 0 unspecified atom stereocenters. The minimum atomic E-state index is -3.29. The van der Waals surface area contributed by atoms with Gasteiger partial charge in [-0.15, -0.1) is 0 Å². The van der Waals surface area contributed by atoms with Crippen molar-refractivity contribution >= 4 is 17.9 Å². The molecule has 0 bridgehead atoms. The van der Waals surface area contributed by atoms with E-state index in [4.69, 9.17) is 0 Å². The third-order valence-corrected chi connectivity index (χ3v) is 6.79. The molecule has 1 amide bonds. The molecular weight excluding hydrogens is 466 g/mol. The predicted octanol–water partition coefficient (Wildman–Crippen LogP) is 5.14. The zero-order valence-corrected chi connectivity index (χ0v) is 18.4. The van der Waals surface area contributed by atoms with E-state index < -0.39 is 60.0 Å². The van der Waals surface area contributed by atoms with Crippen LogP contribution in [0.15, 0.2) is 36.4 Å². The Hall–Kier alpha value is -2.20. The molecule has 2 atom stereocenters. The maximum absolute atomic E-state index is 15.4. The van der Waals surface area contributed by atoms with Gasteiger partial charge in [-0.25, -0.2) is 26.3 Å². The molecule has 0 aromatic heterocycles. The van der Waals surface area contributed by atoms with Gasteiger partial charge in [0, 0.05) is 17.0 Å². The second kappa shape index (κ2) is 9.21. The first-order valence-corrected chi connectivity index (χ1v) is 11.7. The van der Waals surface area contributed by atoms with E-state index in [-0.39, 0.29) is 36.0 Å². The summed E-state index contributed by atoms with van der Waals surface area (Å²) >= 11 is 0.953. The number of amides is 1. The number of rotatable bonds is 6. The summed E-state index contributed by atoms with van der Waals surface area (Å²) in [7, 11) is 0. The smallest absolute Gasteiger partial charge is 0.283 e. The Balaban J connectivity index is 1.68. The highest BCUT2D eigenvalue weighted by Crippen LogP contribution is 2.40. The van der Waals surface area contributed by atoms with Gasteiger partial charge < -0.3 is 4.90 Å². The topological polar surface area (TPSA) is 32.3 Å². The van der Waals surface area contributed by atoms with Crippen LogP contribution in [-0.2, 0) is 11.2 Å². The molecule has 2 aromatic carbocycles. The number of nitrogens with zero attached hydrogens (tertiary/aromatic N) is 1. The van der Waals surface area contributed by atoms with E-state index in [0.717, 1.165) is 35.0 Å². The molecule has 4 rings (SSSR count). The van der Waals surface area contributed by atoms with Crippen molar-refractivity contribution in [1.29, 1.82) is 0 Å². The fraction of sp³-hybridized carbons (Fsp3) is 0.435. The fourth-order valence-electron chi connectivity index (χ4n) is 4.52. The van der Waals surface area contributed by atoms with E-state index in [0.29, 0.717) is 0 Å². The van der Waals surface area contributed by atoms with Gasteiger partial charge in [0.15, 0.2) is 0 Å². The Morgan fingerprint density at radius 3 is 2.55 bits per heavy atom. The number of alkyl halides is 3. The number of carbonyl (C=O) groups excluding carboxylic acids is 1. The number of likely N-dealkylation sites (tertiary alicyclic amines) is 1. The molecule has 33 heavy (non-hydrogen) atoms. The second-order valence-corrected chi connectivity index (χ2v) is 9.11. The lowest BCUT2D eigenvalue weighted by atomic mass is 9.82. The summed E-state index contributed by atoms with van der Waals surface area (Å²) in [5.41, 5.74) is -0.511. The summed E-state index contributed by atoms with van der Waals surface area (Å²) in [4.78, 5) is 13.9. The molecule has 10 heteroatoms. The predicted molar refractivity (Wildman–Crippen MR) is 114 cm³/mol. The number of carbonyl (C=O) groups is 1. The second-order valence-electron chi connectivity index (χ2n) is 8.47. The molecule has 3 nitrogen and oxygen atoms in total. The molecule has 0 radical (unpaired) electrons. The van der Waals surface area contributed by atoms with Crippen LogP contribution in [-0.4, -0.2) is 47.8 Å². The van der Waals surface area contributed by atoms with Crippen molar-refractivity contribution in [1.82, 2.24) is 9.62 Å². The zero-order chi connectivity index (χ0) is 23.9. The molecule has 2 fully saturated rings. The number of hydrogen-bond acceptors (Lipinski definition) is 3. The van der Waals surface area contributed by atoms with Crippen LogP contribution in [0.25, 0.3) is 11.1 Å². The summed E-state index contributed by atoms with van der Waals surface area (Å²) < 4.78 is 88.9. The third-order valence-electron chi connectivity index (χ3n) is 6.31. The lowest BCUT2D eigenvalue weighted by Gasteiger charge is -2.35. The molecule has 1 N–H and O–H groups in total. The van der Waals surface area contributed by atoms with Gasteiger partial charge in [0.05, 0.1) is 12.6 Å². The molecule has 2 aliphatic rings. The van der Waals surface area contributed by atoms with Crippen LogP contribution < -0.4 is 4.72 Å². The first-order chi connectivity index (χ1) is 15.6. The SMILES string of the molecule is CSN[C@@H]1[C@H](Cc2cccc(-c3cc(F)ccc3F)c2F)N(C(=O)C2CC(F)C2)CC1(F)F. The van der Waals surface area contributed by atoms with Gasteiger partial charge >= 0.3 is 0 Å². The van der Waals surface area contributed by atoms with Crippen molar-refractivity contribution in [3.63, 3.8) is 0 Å². The summed E-state index contributed by atoms with van der Waals surface area (Å²) in [5.74, 6) is -7.00. The summed E-state index contributed by atoms with van der Waals surface area (Å²) in [6.45, 7) is -0.859. The lowest BCUT2D eigenvalue weighted by molar-refractivity contribution is -0.142. The highest BCUT2D eigenvalue weighted by atomic mass is 32.2. The summed E-state index contributed by atoms with van der Waals surface area (Å²) in [6.07, 6.45) is 0.122. The maximum Gasteiger partial charge on any atom is 0.283 e. The zero-order valence-electron chi connectivity index (χ0n) is 17.6. The van der Waals surface area contributed by atoms with Crippen LogP contribution in [0, 0.1) is 23.4 Å². The number of halogens is 6. The molecule has 2 aromatic rings. The number of hydrogen-bond donors (Lipinski definition) is 1. The number of nitrogens with one attached hydrogen (secondary N) is 1. The summed E-state index contributed by atoms with van der Waals surface area (Å²) in [6, 6.07) is 4.14. The van der Waals surface area contributed by atoms with E-state index in [1.807, 2.05) is 0 Å². The Morgan fingerprint density at radius 2 is 1.88 bits per heavy atom. The first kappa shape index (κ1) is 23.9. The molecule has 0 spiro atoms. The number of benzene rings is 2. The standard InChI is InChI=1S/C23H22F6N2OS/c1-33-30-21-19(31(11-23(21,28)29)22(32)13-7-15(25)8-13)9-12-3-2-4-16(20(12)27)17-10-14(24)5-6-18(17)26/h2-6,10,13,15,19,21,30H,7-9,11H2,1H3/t13?,15?,19-,21+/m0/s1. The minimum Gasteiger partial charge on any atom is -0.331 e. The lowest BCUT2D eigenvalue weighted by Crippen LogP contribution is -2.50. The van der Waals surface area contributed by atoms with Crippen molar-refractivity contribution in [3.8, 4) is 11.1 Å². The van der Waals surface area contributed by atoms with Crippen molar-refractivity contribution < 1.29 is 31.1 Å². The van der Waals surface area contributed by atoms with Gasteiger partial charge in [0.25, 0.3) is 5.92 Å². The van der Waals surface area contributed by atoms with Crippen molar-refractivity contribution in [2.75, 3.05) is 12.8 Å². The fourth-order valence-corrected chi connectivity index (χ4v) is 5.11. The van der Waals surface area contributed by atoms with Crippen LogP contribution in [0.5, 0.6) is 0 Å². The first-order valence-electron chi connectivity index (χ1n) is 10.5. The average Bonchev–Trinajstić information content (AvgIpc) is 2.99. The Bertz CT molecular complexity index is 1050. The normalized spacial score (nSPS) is 26.3. The molecule has 1 heterocycles. The molecule has 1 aliphatic carbocycles.